The van der Waals surface area contributed by atoms with Gasteiger partial charge in [0.05, 0.1) is 0 Å². The topological polar surface area (TPSA) is 105 Å². The Morgan fingerprint density at radius 1 is 1.31 bits per heavy atom. The fraction of sp³-hybridized carbons (Fsp3) is 0.348. The van der Waals surface area contributed by atoms with Crippen molar-refractivity contribution >= 4 is 21.2 Å². The number of benzene rings is 2. The summed E-state index contributed by atoms with van der Waals surface area (Å²) in [4.78, 5) is 4.15. The van der Waals surface area contributed by atoms with Gasteiger partial charge in [-0.25, -0.2) is 13.6 Å². The number of oxazole rings is 1. The summed E-state index contributed by atoms with van der Waals surface area (Å²) < 4.78 is 56.5. The Hall–Kier alpha value is -2.75. The van der Waals surface area contributed by atoms with E-state index in [1.165, 1.54) is 19.1 Å². The summed E-state index contributed by atoms with van der Waals surface area (Å²) in [6.45, 7) is 8.73. The molecule has 2 N–H and O–H groups in total. The van der Waals surface area contributed by atoms with Crippen molar-refractivity contribution in [3.63, 3.8) is 0 Å². The van der Waals surface area contributed by atoms with E-state index in [1.807, 2.05) is 0 Å². The molecule has 3 rings (SSSR count). The smallest absolute Gasteiger partial charge is 0.299 e. The number of fused-ring (bicyclic) bond motifs is 1. The van der Waals surface area contributed by atoms with Gasteiger partial charge in [0.15, 0.2) is 11.5 Å². The lowest BCUT2D eigenvalue weighted by atomic mass is 10.1. The number of rotatable bonds is 10. The van der Waals surface area contributed by atoms with E-state index in [9.17, 15) is 12.8 Å². The molecule has 0 fully saturated rings. The van der Waals surface area contributed by atoms with E-state index in [0.29, 0.717) is 22.7 Å². The summed E-state index contributed by atoms with van der Waals surface area (Å²) in [7, 11) is -4.34. The lowest BCUT2D eigenvalue weighted by Crippen LogP contribution is -2.25. The third-order valence-corrected chi connectivity index (χ3v) is 6.43. The zero-order chi connectivity index (χ0) is 23.5. The van der Waals surface area contributed by atoms with Gasteiger partial charge in [-0.15, -0.1) is 0 Å². The molecule has 172 valence electrons. The highest BCUT2D eigenvalue weighted by Crippen LogP contribution is 2.29. The molecule has 1 aromatic heterocycles. The van der Waals surface area contributed by atoms with Crippen LogP contribution in [0.3, 0.4) is 0 Å². The van der Waals surface area contributed by atoms with Crippen LogP contribution in [0.25, 0.3) is 11.1 Å². The Kier molecular flexibility index (Phi) is 7.33. The molecular weight excluding hydrogens is 435 g/mol. The zero-order valence-electron chi connectivity index (χ0n) is 18.3. The van der Waals surface area contributed by atoms with Crippen LogP contribution in [0.1, 0.15) is 49.6 Å². The second-order valence-corrected chi connectivity index (χ2v) is 9.12. The quantitative estimate of drug-likeness (QED) is 0.259. The summed E-state index contributed by atoms with van der Waals surface area (Å²) in [5.41, 5.74) is 6.86. The van der Waals surface area contributed by atoms with Crippen molar-refractivity contribution in [3.8, 4) is 5.75 Å². The maximum Gasteiger partial charge on any atom is 0.299 e. The highest BCUT2D eigenvalue weighted by Gasteiger charge is 2.25. The highest BCUT2D eigenvalue weighted by atomic mass is 32.2. The minimum absolute atomic E-state index is 0.156. The van der Waals surface area contributed by atoms with Gasteiger partial charge in [-0.2, -0.15) is 8.42 Å². The van der Waals surface area contributed by atoms with Crippen molar-refractivity contribution in [2.75, 3.05) is 0 Å². The molecule has 7 nitrogen and oxygen atoms in total. The number of ether oxygens (including phenoxy) is 1. The predicted molar refractivity (Wildman–Crippen MR) is 119 cm³/mol. The number of hydrogen-bond donors (Lipinski definition) is 1. The molecule has 0 bridgehead atoms. The van der Waals surface area contributed by atoms with Gasteiger partial charge in [0.2, 0.25) is 0 Å². The first kappa shape index (κ1) is 23.9. The Morgan fingerprint density at radius 3 is 2.75 bits per heavy atom. The van der Waals surface area contributed by atoms with Crippen LogP contribution in [-0.2, 0) is 20.9 Å². The second-order valence-electron chi connectivity index (χ2n) is 7.58. The average molecular weight is 463 g/mol. The van der Waals surface area contributed by atoms with E-state index in [-0.39, 0.29) is 28.5 Å². The van der Waals surface area contributed by atoms with Gasteiger partial charge in [-0.1, -0.05) is 32.9 Å². The first-order chi connectivity index (χ1) is 15.2. The summed E-state index contributed by atoms with van der Waals surface area (Å²) in [6, 6.07) is 7.69. The lowest BCUT2D eigenvalue weighted by Gasteiger charge is -2.15. The van der Waals surface area contributed by atoms with Crippen LogP contribution in [0.15, 0.2) is 52.3 Å². The maximum absolute atomic E-state index is 14.9. The first-order valence-corrected chi connectivity index (χ1v) is 11.7. The molecule has 2 unspecified atom stereocenters. The number of aryl methyl sites for hydroxylation is 1. The molecule has 0 aliphatic heterocycles. The Balaban J connectivity index is 1.88. The largest absolute Gasteiger partial charge is 0.489 e. The molecule has 9 heteroatoms. The van der Waals surface area contributed by atoms with Crippen LogP contribution in [-0.4, -0.2) is 19.6 Å². The zero-order valence-corrected chi connectivity index (χ0v) is 19.1. The molecule has 2 aromatic carbocycles. The highest BCUT2D eigenvalue weighted by molar-refractivity contribution is 7.86. The molecule has 0 amide bonds. The minimum atomic E-state index is -4.34. The Morgan fingerprint density at radius 2 is 2.06 bits per heavy atom. The van der Waals surface area contributed by atoms with Gasteiger partial charge in [0.1, 0.15) is 34.8 Å². The van der Waals surface area contributed by atoms with Crippen molar-refractivity contribution in [1.29, 1.82) is 0 Å². The predicted octanol–water partition coefficient (Wildman–Crippen LogP) is 4.93. The van der Waals surface area contributed by atoms with E-state index in [0.717, 1.165) is 18.9 Å². The van der Waals surface area contributed by atoms with Crippen LogP contribution >= 0.6 is 0 Å². The monoisotopic (exact) mass is 462 g/mol. The molecule has 0 aliphatic carbocycles. The van der Waals surface area contributed by atoms with Crippen LogP contribution in [0.5, 0.6) is 5.75 Å². The molecule has 0 saturated carbocycles. The van der Waals surface area contributed by atoms with Crippen LogP contribution in [0.2, 0.25) is 0 Å². The van der Waals surface area contributed by atoms with Crippen molar-refractivity contribution in [2.24, 2.45) is 5.73 Å². The molecule has 0 aliphatic rings. The van der Waals surface area contributed by atoms with Crippen LogP contribution < -0.4 is 10.5 Å². The summed E-state index contributed by atoms with van der Waals surface area (Å²) in [5.74, 6) is 0.523. The van der Waals surface area contributed by atoms with Gasteiger partial charge < -0.3 is 14.9 Å². The van der Waals surface area contributed by atoms with E-state index in [1.54, 1.807) is 18.2 Å². The molecule has 0 saturated heterocycles. The van der Waals surface area contributed by atoms with Crippen molar-refractivity contribution in [2.45, 2.75) is 57.3 Å². The first-order valence-electron chi connectivity index (χ1n) is 10.3. The summed E-state index contributed by atoms with van der Waals surface area (Å²) in [6.07, 6.45) is 1.84. The second kappa shape index (κ2) is 9.81. The van der Waals surface area contributed by atoms with E-state index in [2.05, 4.69) is 25.4 Å². The number of aromatic nitrogens is 1. The molecule has 0 radical (unpaired) electrons. The standard InChI is InChI=1S/C23H27FN2O5S/c1-5-7-15(4)23-26-18-10-9-16(12-19(18)30-23)29-13-17-20(11-8-14(3)22(17)24)32(27,28)31-21(25)6-2/h6,8-12,15,21H,2,5,7,13,25H2,1,3-4H3. The normalized spacial score (nSPS) is 13.8. The molecule has 1 heterocycles. The van der Waals surface area contributed by atoms with Crippen molar-refractivity contribution < 1.29 is 26.1 Å². The Bertz CT molecular complexity index is 1220. The molecular formula is C23H27FN2O5S. The molecule has 32 heavy (non-hydrogen) atoms. The Labute approximate surface area is 187 Å². The third-order valence-electron chi connectivity index (χ3n) is 5.04. The van der Waals surface area contributed by atoms with Gasteiger partial charge in [-0.05, 0) is 43.2 Å². The number of halogens is 1. The number of hydrogen-bond acceptors (Lipinski definition) is 7. The lowest BCUT2D eigenvalue weighted by molar-refractivity contribution is 0.260. The number of nitrogens with two attached hydrogens (primary N) is 1. The molecule has 3 aromatic rings. The third kappa shape index (κ3) is 5.17. The average Bonchev–Trinajstić information content (AvgIpc) is 3.18. The minimum Gasteiger partial charge on any atom is -0.489 e. The van der Waals surface area contributed by atoms with Gasteiger partial charge in [-0.3, -0.25) is 0 Å². The fourth-order valence-corrected chi connectivity index (χ4v) is 4.42. The van der Waals surface area contributed by atoms with Crippen LogP contribution in [0.4, 0.5) is 4.39 Å². The molecule has 2 atom stereocenters. The van der Waals surface area contributed by atoms with Gasteiger partial charge in [0.25, 0.3) is 10.1 Å². The van der Waals surface area contributed by atoms with Crippen LogP contribution in [0, 0.1) is 12.7 Å². The maximum atomic E-state index is 14.9. The summed E-state index contributed by atoms with van der Waals surface area (Å²) in [5, 5.41) is 0. The van der Waals surface area contributed by atoms with Crippen molar-refractivity contribution in [1.82, 2.24) is 4.98 Å². The van der Waals surface area contributed by atoms with E-state index < -0.39 is 22.2 Å². The van der Waals surface area contributed by atoms with Gasteiger partial charge in [0, 0.05) is 17.5 Å². The van der Waals surface area contributed by atoms with E-state index >= 15 is 0 Å². The van der Waals surface area contributed by atoms with E-state index in [4.69, 9.17) is 19.1 Å². The number of nitrogens with zero attached hydrogens (tertiary/aromatic N) is 1. The molecule has 0 spiro atoms. The fourth-order valence-electron chi connectivity index (χ4n) is 3.26. The van der Waals surface area contributed by atoms with Gasteiger partial charge >= 0.3 is 0 Å². The summed E-state index contributed by atoms with van der Waals surface area (Å²) >= 11 is 0. The van der Waals surface area contributed by atoms with Crippen molar-refractivity contribution in [3.05, 3.63) is 65.8 Å². The SMILES string of the molecule is C=CC(N)OS(=O)(=O)c1ccc(C)c(F)c1COc1ccc2nc(C(C)CCC)oc2c1.